The number of halogens is 1. The highest BCUT2D eigenvalue weighted by Gasteiger charge is 2.31. The Kier molecular flexibility index (Phi) is 9.07. The van der Waals surface area contributed by atoms with Gasteiger partial charge in [-0.3, -0.25) is 4.99 Å². The molecule has 6 nitrogen and oxygen atoms in total. The second-order valence-electron chi connectivity index (χ2n) is 6.89. The molecule has 2 heterocycles. The quantitative estimate of drug-likeness (QED) is 0.266. The predicted octanol–water partition coefficient (Wildman–Crippen LogP) is 1.59. The fourth-order valence-electron chi connectivity index (χ4n) is 3.47. The number of rotatable bonds is 7. The molecule has 1 unspecified atom stereocenters. The van der Waals surface area contributed by atoms with E-state index in [1.54, 1.807) is 0 Å². The molecule has 0 aromatic heterocycles. The summed E-state index contributed by atoms with van der Waals surface area (Å²) in [5.74, 6) is 0.899. The molecule has 0 radical (unpaired) electrons. The first-order valence-corrected chi connectivity index (χ1v) is 9.25. The minimum Gasteiger partial charge on any atom is -0.377 e. The second kappa shape index (κ2) is 10.8. The van der Waals surface area contributed by atoms with Crippen molar-refractivity contribution in [2.75, 3.05) is 46.5 Å². The molecule has 2 N–H and O–H groups in total. The number of nitrogens with one attached hydrogen (secondary N) is 2. The molecule has 2 saturated heterocycles. The van der Waals surface area contributed by atoms with Gasteiger partial charge in [-0.05, 0) is 38.5 Å². The fourth-order valence-corrected chi connectivity index (χ4v) is 3.47. The van der Waals surface area contributed by atoms with Crippen LogP contribution < -0.4 is 10.6 Å². The van der Waals surface area contributed by atoms with Crippen molar-refractivity contribution in [3.8, 4) is 0 Å². The molecule has 3 fully saturated rings. The van der Waals surface area contributed by atoms with Gasteiger partial charge in [0.25, 0.3) is 0 Å². The zero-order valence-electron chi connectivity index (χ0n) is 14.8. The molecule has 0 spiro atoms. The van der Waals surface area contributed by atoms with E-state index in [0.717, 1.165) is 31.6 Å². The maximum absolute atomic E-state index is 5.67. The molecule has 0 aromatic rings. The molecule has 7 heteroatoms. The van der Waals surface area contributed by atoms with Crippen molar-refractivity contribution in [3.05, 3.63) is 0 Å². The topological polar surface area (TPSA) is 58.1 Å². The van der Waals surface area contributed by atoms with Gasteiger partial charge in [-0.2, -0.15) is 0 Å². The van der Waals surface area contributed by atoms with Crippen LogP contribution in [-0.2, 0) is 9.47 Å². The second-order valence-corrected chi connectivity index (χ2v) is 6.89. The predicted molar refractivity (Wildman–Crippen MR) is 107 cm³/mol. The van der Waals surface area contributed by atoms with E-state index < -0.39 is 0 Å². The Morgan fingerprint density at radius 2 is 2.00 bits per heavy atom. The lowest BCUT2D eigenvalue weighted by Crippen LogP contribution is -2.49. The Morgan fingerprint density at radius 3 is 2.62 bits per heavy atom. The van der Waals surface area contributed by atoms with Crippen molar-refractivity contribution in [2.45, 2.75) is 56.7 Å². The van der Waals surface area contributed by atoms with Gasteiger partial charge in [-0.1, -0.05) is 0 Å². The van der Waals surface area contributed by atoms with Gasteiger partial charge in [0.05, 0.1) is 19.3 Å². The van der Waals surface area contributed by atoms with Crippen molar-refractivity contribution < 1.29 is 9.47 Å². The Bertz CT molecular complexity index is 379. The average Bonchev–Trinajstić information content (AvgIpc) is 3.30. The fraction of sp³-hybridized carbons (Fsp3) is 0.941. The highest BCUT2D eigenvalue weighted by atomic mass is 127. The molecule has 1 atom stereocenters. The number of aliphatic imine (C=N–C) groups is 1. The van der Waals surface area contributed by atoms with E-state index >= 15 is 0 Å². The van der Waals surface area contributed by atoms with Crippen molar-refractivity contribution in [1.82, 2.24) is 15.5 Å². The Hall–Kier alpha value is -0.120. The van der Waals surface area contributed by atoms with Crippen LogP contribution in [0.3, 0.4) is 0 Å². The van der Waals surface area contributed by atoms with Crippen LogP contribution in [0.5, 0.6) is 0 Å². The van der Waals surface area contributed by atoms with Crippen LogP contribution in [0.25, 0.3) is 0 Å². The standard InChI is InChI=1S/C17H32N4O2.HI/c1-18-17(19-8-12-22-13-16-3-2-11-23-16)20-14-6-9-21(10-7-14)15-4-5-15;/h14-16H,2-13H2,1H3,(H2,18,19,20);1H. The molecular weight excluding hydrogens is 419 g/mol. The molecular formula is C17H33IN4O2. The van der Waals surface area contributed by atoms with E-state index in [-0.39, 0.29) is 24.0 Å². The first kappa shape index (κ1) is 20.2. The van der Waals surface area contributed by atoms with Gasteiger partial charge < -0.3 is 25.0 Å². The molecule has 24 heavy (non-hydrogen) atoms. The zero-order valence-corrected chi connectivity index (χ0v) is 17.2. The van der Waals surface area contributed by atoms with Gasteiger partial charge >= 0.3 is 0 Å². The van der Waals surface area contributed by atoms with Gasteiger partial charge in [0.1, 0.15) is 0 Å². The lowest BCUT2D eigenvalue weighted by atomic mass is 10.1. The van der Waals surface area contributed by atoms with Crippen LogP contribution in [0, 0.1) is 0 Å². The summed E-state index contributed by atoms with van der Waals surface area (Å²) in [5.41, 5.74) is 0. The summed E-state index contributed by atoms with van der Waals surface area (Å²) in [5, 5.41) is 6.90. The summed E-state index contributed by atoms with van der Waals surface area (Å²) in [6.07, 6.45) is 7.86. The first-order valence-electron chi connectivity index (χ1n) is 9.25. The van der Waals surface area contributed by atoms with Crippen LogP contribution in [0.4, 0.5) is 0 Å². The Morgan fingerprint density at radius 1 is 1.21 bits per heavy atom. The van der Waals surface area contributed by atoms with Gasteiger partial charge in [-0.25, -0.2) is 0 Å². The van der Waals surface area contributed by atoms with Gasteiger partial charge in [0.15, 0.2) is 5.96 Å². The van der Waals surface area contributed by atoms with E-state index in [1.165, 1.54) is 45.2 Å². The monoisotopic (exact) mass is 452 g/mol. The first-order chi connectivity index (χ1) is 11.3. The van der Waals surface area contributed by atoms with E-state index in [1.807, 2.05) is 7.05 Å². The van der Waals surface area contributed by atoms with E-state index in [9.17, 15) is 0 Å². The number of guanidine groups is 1. The molecule has 3 rings (SSSR count). The summed E-state index contributed by atoms with van der Waals surface area (Å²) in [7, 11) is 1.84. The number of nitrogens with zero attached hydrogens (tertiary/aromatic N) is 2. The Balaban J connectivity index is 0.00000208. The van der Waals surface area contributed by atoms with Crippen molar-refractivity contribution in [1.29, 1.82) is 0 Å². The van der Waals surface area contributed by atoms with Crippen LogP contribution in [-0.4, -0.2) is 75.5 Å². The van der Waals surface area contributed by atoms with E-state index in [0.29, 0.717) is 25.4 Å². The molecule has 3 aliphatic rings. The summed E-state index contributed by atoms with van der Waals surface area (Å²) in [6, 6.07) is 1.44. The smallest absolute Gasteiger partial charge is 0.191 e. The minimum absolute atomic E-state index is 0. The molecule has 1 aliphatic carbocycles. The van der Waals surface area contributed by atoms with Gasteiger partial charge in [0.2, 0.25) is 0 Å². The maximum atomic E-state index is 5.67. The van der Waals surface area contributed by atoms with Gasteiger partial charge in [-0.15, -0.1) is 24.0 Å². The molecule has 140 valence electrons. The van der Waals surface area contributed by atoms with Crippen molar-refractivity contribution >= 4 is 29.9 Å². The molecule has 1 saturated carbocycles. The van der Waals surface area contributed by atoms with Crippen molar-refractivity contribution in [3.63, 3.8) is 0 Å². The number of ether oxygens (including phenoxy) is 2. The summed E-state index contributed by atoms with van der Waals surface area (Å²) in [4.78, 5) is 6.97. The number of likely N-dealkylation sites (tertiary alicyclic amines) is 1. The molecule has 2 aliphatic heterocycles. The number of piperidine rings is 1. The minimum atomic E-state index is 0. The lowest BCUT2D eigenvalue weighted by Gasteiger charge is -2.33. The van der Waals surface area contributed by atoms with E-state index in [2.05, 4.69) is 20.5 Å². The molecule has 0 bridgehead atoms. The van der Waals surface area contributed by atoms with Crippen LogP contribution in [0.15, 0.2) is 4.99 Å². The third-order valence-corrected chi connectivity index (χ3v) is 5.02. The summed E-state index contributed by atoms with van der Waals surface area (Å²) >= 11 is 0. The molecule has 0 amide bonds. The SMILES string of the molecule is CN=C(NCCOCC1CCCO1)NC1CCN(C2CC2)CC1.I. The third-order valence-electron chi connectivity index (χ3n) is 5.02. The third kappa shape index (κ3) is 6.65. The zero-order chi connectivity index (χ0) is 15.9. The summed E-state index contributed by atoms with van der Waals surface area (Å²) < 4.78 is 11.2. The highest BCUT2D eigenvalue weighted by molar-refractivity contribution is 14.0. The van der Waals surface area contributed by atoms with Crippen LogP contribution in [0.2, 0.25) is 0 Å². The number of hydrogen-bond donors (Lipinski definition) is 2. The van der Waals surface area contributed by atoms with Crippen LogP contribution >= 0.6 is 24.0 Å². The highest BCUT2D eigenvalue weighted by Crippen LogP contribution is 2.29. The largest absolute Gasteiger partial charge is 0.377 e. The number of hydrogen-bond acceptors (Lipinski definition) is 4. The maximum Gasteiger partial charge on any atom is 0.191 e. The van der Waals surface area contributed by atoms with E-state index in [4.69, 9.17) is 9.47 Å². The van der Waals surface area contributed by atoms with Crippen molar-refractivity contribution in [2.24, 2.45) is 4.99 Å². The average molecular weight is 452 g/mol. The van der Waals surface area contributed by atoms with Gasteiger partial charge in [0, 0.05) is 45.4 Å². The Labute approximate surface area is 163 Å². The summed E-state index contributed by atoms with van der Waals surface area (Å²) in [6.45, 7) is 5.54. The molecule has 0 aromatic carbocycles. The lowest BCUT2D eigenvalue weighted by molar-refractivity contribution is 0.0191. The normalized spacial score (nSPS) is 26.2. The van der Waals surface area contributed by atoms with Crippen LogP contribution in [0.1, 0.15) is 38.5 Å².